The second-order valence-corrected chi connectivity index (χ2v) is 4.91. The third-order valence-electron chi connectivity index (χ3n) is 3.84. The molecule has 1 saturated carbocycles. The van der Waals surface area contributed by atoms with Crippen LogP contribution in [-0.2, 0) is 4.79 Å². The molecule has 18 heavy (non-hydrogen) atoms. The Bertz CT molecular complexity index is 631. The molecule has 2 N–H and O–H groups in total. The maximum atomic E-state index is 13.1. The van der Waals surface area contributed by atoms with Crippen molar-refractivity contribution in [3.8, 4) is 0 Å². The van der Waals surface area contributed by atoms with Crippen molar-refractivity contribution in [1.82, 2.24) is 4.98 Å². The van der Waals surface area contributed by atoms with Crippen LogP contribution in [0.4, 0.5) is 4.39 Å². The van der Waals surface area contributed by atoms with E-state index in [0.717, 1.165) is 12.8 Å². The van der Waals surface area contributed by atoms with E-state index in [1.54, 1.807) is 0 Å². The molecule has 4 nitrogen and oxygen atoms in total. The number of aromatic nitrogens is 1. The van der Waals surface area contributed by atoms with E-state index in [2.05, 4.69) is 4.98 Å². The highest BCUT2D eigenvalue weighted by Crippen LogP contribution is 2.55. The van der Waals surface area contributed by atoms with Crippen molar-refractivity contribution in [2.24, 2.45) is 11.1 Å². The van der Waals surface area contributed by atoms with Gasteiger partial charge in [0.05, 0.1) is 5.41 Å². The van der Waals surface area contributed by atoms with Crippen LogP contribution in [0.5, 0.6) is 0 Å². The van der Waals surface area contributed by atoms with Gasteiger partial charge in [-0.25, -0.2) is 9.37 Å². The predicted octanol–water partition coefficient (Wildman–Crippen LogP) is 2.34. The van der Waals surface area contributed by atoms with Crippen molar-refractivity contribution < 1.29 is 13.6 Å². The number of halogens is 1. The molecule has 1 heterocycles. The topological polar surface area (TPSA) is 69.1 Å². The van der Waals surface area contributed by atoms with E-state index in [1.165, 1.54) is 18.2 Å². The molecule has 0 spiro atoms. The van der Waals surface area contributed by atoms with Crippen molar-refractivity contribution in [1.29, 1.82) is 0 Å². The van der Waals surface area contributed by atoms with Crippen LogP contribution in [0.2, 0.25) is 0 Å². The van der Waals surface area contributed by atoms with Crippen molar-refractivity contribution in [2.45, 2.75) is 25.7 Å². The number of primary amides is 1. The minimum atomic E-state index is -0.528. The molecule has 0 aliphatic heterocycles. The molecule has 1 atom stereocenters. The Kier molecular flexibility index (Phi) is 2.20. The van der Waals surface area contributed by atoms with E-state index >= 15 is 0 Å². The second kappa shape index (κ2) is 3.54. The zero-order chi connectivity index (χ0) is 12.9. The van der Waals surface area contributed by atoms with Crippen molar-refractivity contribution >= 4 is 17.0 Å². The minimum Gasteiger partial charge on any atom is -0.440 e. The van der Waals surface area contributed by atoms with Gasteiger partial charge in [0.2, 0.25) is 5.91 Å². The molecule has 5 heteroatoms. The molecule has 1 aromatic heterocycles. The molecule has 1 aromatic carbocycles. The molecular weight excluding hydrogens is 235 g/mol. The lowest BCUT2D eigenvalue weighted by Crippen LogP contribution is -2.29. The Labute approximate surface area is 103 Å². The van der Waals surface area contributed by atoms with Crippen molar-refractivity contribution in [3.63, 3.8) is 0 Å². The molecule has 0 saturated heterocycles. The average Bonchev–Trinajstić information content (AvgIpc) is 3.03. The number of hydrogen-bond acceptors (Lipinski definition) is 3. The highest BCUT2D eigenvalue weighted by molar-refractivity contribution is 5.84. The Morgan fingerprint density at radius 1 is 1.56 bits per heavy atom. The van der Waals surface area contributed by atoms with E-state index in [0.29, 0.717) is 17.0 Å². The zero-order valence-electron chi connectivity index (χ0n) is 9.94. The van der Waals surface area contributed by atoms with Crippen LogP contribution in [0.1, 0.15) is 31.6 Å². The predicted molar refractivity (Wildman–Crippen MR) is 63.2 cm³/mol. The number of oxazole rings is 1. The molecule has 0 bridgehead atoms. The van der Waals surface area contributed by atoms with E-state index in [1.807, 2.05) is 6.92 Å². The first-order chi connectivity index (χ1) is 8.53. The van der Waals surface area contributed by atoms with E-state index in [4.69, 9.17) is 10.2 Å². The number of nitrogens with two attached hydrogens (primary N) is 1. The van der Waals surface area contributed by atoms with Crippen LogP contribution in [0.25, 0.3) is 11.1 Å². The molecular formula is C13H13FN2O2. The summed E-state index contributed by atoms with van der Waals surface area (Å²) in [5.41, 5.74) is 5.89. The number of hydrogen-bond donors (Lipinski definition) is 1. The minimum absolute atomic E-state index is 0.175. The summed E-state index contributed by atoms with van der Waals surface area (Å²) in [6, 6.07) is 4.18. The normalized spacial score (nSPS) is 18.8. The SMILES string of the molecule is C[C@@H](c1nc2cc(F)ccc2o1)C1(C(N)=O)CC1. The Morgan fingerprint density at radius 3 is 2.89 bits per heavy atom. The first kappa shape index (κ1) is 11.2. The summed E-state index contributed by atoms with van der Waals surface area (Å²) in [7, 11) is 0. The highest BCUT2D eigenvalue weighted by Gasteiger charge is 2.54. The standard InChI is InChI=1S/C13H13FN2O2/c1-7(13(4-5-13)12(15)17)11-16-9-6-8(14)2-3-10(9)18-11/h2-3,6-7H,4-5H2,1H3,(H2,15,17)/t7-/m0/s1. The first-order valence-electron chi connectivity index (χ1n) is 5.89. The fourth-order valence-electron chi connectivity index (χ4n) is 2.37. The maximum Gasteiger partial charge on any atom is 0.224 e. The molecule has 3 rings (SSSR count). The van der Waals surface area contributed by atoms with E-state index < -0.39 is 5.41 Å². The van der Waals surface area contributed by atoms with Crippen LogP contribution in [0.3, 0.4) is 0 Å². The van der Waals surface area contributed by atoms with Gasteiger partial charge in [-0.05, 0) is 25.0 Å². The Morgan fingerprint density at radius 2 is 2.28 bits per heavy atom. The number of rotatable bonds is 3. The smallest absolute Gasteiger partial charge is 0.224 e. The monoisotopic (exact) mass is 248 g/mol. The molecule has 2 aromatic rings. The van der Waals surface area contributed by atoms with E-state index in [-0.39, 0.29) is 17.6 Å². The lowest BCUT2D eigenvalue weighted by atomic mass is 9.90. The zero-order valence-corrected chi connectivity index (χ0v) is 9.94. The maximum absolute atomic E-state index is 13.1. The summed E-state index contributed by atoms with van der Waals surface area (Å²) in [6.45, 7) is 1.87. The highest BCUT2D eigenvalue weighted by atomic mass is 19.1. The van der Waals surface area contributed by atoms with Crippen LogP contribution in [0.15, 0.2) is 22.6 Å². The number of amides is 1. The third kappa shape index (κ3) is 1.50. The number of nitrogens with zero attached hydrogens (tertiary/aromatic N) is 1. The van der Waals surface area contributed by atoms with Gasteiger partial charge < -0.3 is 10.2 Å². The summed E-state index contributed by atoms with van der Waals surface area (Å²) in [5.74, 6) is -0.396. The molecule has 1 fully saturated rings. The van der Waals surface area contributed by atoms with Gasteiger partial charge >= 0.3 is 0 Å². The van der Waals surface area contributed by atoms with Gasteiger partial charge in [0, 0.05) is 12.0 Å². The Balaban J connectivity index is 2.02. The van der Waals surface area contributed by atoms with Crippen molar-refractivity contribution in [3.05, 3.63) is 29.9 Å². The van der Waals surface area contributed by atoms with Gasteiger partial charge in [-0.3, -0.25) is 4.79 Å². The van der Waals surface area contributed by atoms with Crippen LogP contribution >= 0.6 is 0 Å². The lowest BCUT2D eigenvalue weighted by molar-refractivity contribution is -0.123. The van der Waals surface area contributed by atoms with Gasteiger partial charge in [0.25, 0.3) is 0 Å². The molecule has 94 valence electrons. The number of carbonyl (C=O) groups excluding carboxylic acids is 1. The van der Waals surface area contributed by atoms with Crippen LogP contribution < -0.4 is 5.73 Å². The first-order valence-corrected chi connectivity index (χ1v) is 5.89. The number of carbonyl (C=O) groups is 1. The summed E-state index contributed by atoms with van der Waals surface area (Å²) in [4.78, 5) is 15.7. The second-order valence-electron chi connectivity index (χ2n) is 4.91. The Hall–Kier alpha value is -1.91. The molecule has 0 radical (unpaired) electrons. The van der Waals surface area contributed by atoms with Gasteiger partial charge in [0.1, 0.15) is 11.3 Å². The summed E-state index contributed by atoms with van der Waals surface area (Å²) in [6.07, 6.45) is 1.52. The van der Waals surface area contributed by atoms with Crippen LogP contribution in [0, 0.1) is 11.2 Å². The number of fused-ring (bicyclic) bond motifs is 1. The molecule has 1 aliphatic rings. The summed E-state index contributed by atoms with van der Waals surface area (Å²) >= 11 is 0. The quantitative estimate of drug-likeness (QED) is 0.906. The van der Waals surface area contributed by atoms with E-state index in [9.17, 15) is 9.18 Å². The summed E-state index contributed by atoms with van der Waals surface area (Å²) < 4.78 is 18.6. The van der Waals surface area contributed by atoms with Gasteiger partial charge in [-0.1, -0.05) is 6.92 Å². The fraction of sp³-hybridized carbons (Fsp3) is 0.385. The fourth-order valence-corrected chi connectivity index (χ4v) is 2.37. The average molecular weight is 248 g/mol. The summed E-state index contributed by atoms with van der Waals surface area (Å²) in [5, 5.41) is 0. The molecule has 0 unspecified atom stereocenters. The van der Waals surface area contributed by atoms with Crippen molar-refractivity contribution in [2.75, 3.05) is 0 Å². The lowest BCUT2D eigenvalue weighted by Gasteiger charge is -2.16. The van der Waals surface area contributed by atoms with Gasteiger partial charge in [0.15, 0.2) is 11.5 Å². The number of benzene rings is 1. The van der Waals surface area contributed by atoms with Crippen LogP contribution in [-0.4, -0.2) is 10.9 Å². The largest absolute Gasteiger partial charge is 0.440 e. The molecule has 1 amide bonds. The molecule has 1 aliphatic carbocycles. The van der Waals surface area contributed by atoms with Gasteiger partial charge in [-0.2, -0.15) is 0 Å². The third-order valence-corrected chi connectivity index (χ3v) is 3.84. The van der Waals surface area contributed by atoms with Gasteiger partial charge in [-0.15, -0.1) is 0 Å².